The fourth-order valence-electron chi connectivity index (χ4n) is 2.94. The molecule has 1 N–H and O–H groups in total. The van der Waals surface area contributed by atoms with Gasteiger partial charge in [-0.15, -0.1) is 0 Å². The van der Waals surface area contributed by atoms with E-state index in [1.807, 2.05) is 18.2 Å². The van der Waals surface area contributed by atoms with Crippen molar-refractivity contribution in [2.24, 2.45) is 0 Å². The number of fused-ring (bicyclic) bond motifs is 2. The van der Waals surface area contributed by atoms with Crippen LogP contribution in [0.5, 0.6) is 17.2 Å². The molecule has 2 unspecified atom stereocenters. The number of hydrogen-bond acceptors (Lipinski definition) is 4. The van der Waals surface area contributed by atoms with Gasteiger partial charge in [-0.1, -0.05) is 0 Å². The maximum absolute atomic E-state index is 6.12. The zero-order valence-electron chi connectivity index (χ0n) is 11.4. The number of benzene rings is 1. The maximum atomic E-state index is 6.12. The molecule has 0 saturated carbocycles. The second kappa shape index (κ2) is 5.29. The molecule has 19 heavy (non-hydrogen) atoms. The Labute approximate surface area is 114 Å². The van der Waals surface area contributed by atoms with Crippen molar-refractivity contribution in [2.45, 2.75) is 37.8 Å². The van der Waals surface area contributed by atoms with E-state index >= 15 is 0 Å². The lowest BCUT2D eigenvalue weighted by Crippen LogP contribution is -2.38. The molecular formula is C15H20NO3. The second-order valence-corrected chi connectivity index (χ2v) is 5.18. The highest BCUT2D eigenvalue weighted by Crippen LogP contribution is 2.37. The van der Waals surface area contributed by atoms with Crippen LogP contribution in [0, 0.1) is 6.04 Å². The third-order valence-corrected chi connectivity index (χ3v) is 3.89. The first kappa shape index (κ1) is 12.6. The molecule has 2 heterocycles. The molecule has 1 aromatic carbocycles. The standard InChI is InChI=1S/C15H20NO3/c1-17-12-5-6-14(15(9-12)18-2)19-13-7-10-3-4-11(8-13)16-10/h5-6,9-10,13,16H,3-4,7-8H2,1-2H3. The van der Waals surface area contributed by atoms with E-state index in [-0.39, 0.29) is 6.10 Å². The third-order valence-electron chi connectivity index (χ3n) is 3.89. The Morgan fingerprint density at radius 2 is 2.05 bits per heavy atom. The van der Waals surface area contributed by atoms with Crippen LogP contribution in [-0.2, 0) is 0 Å². The van der Waals surface area contributed by atoms with E-state index in [9.17, 15) is 0 Å². The van der Waals surface area contributed by atoms with E-state index in [1.54, 1.807) is 14.2 Å². The Morgan fingerprint density at radius 1 is 1.16 bits per heavy atom. The average molecular weight is 262 g/mol. The minimum absolute atomic E-state index is 0.256. The number of nitrogens with one attached hydrogen (secondary N) is 1. The van der Waals surface area contributed by atoms with Gasteiger partial charge in [0.15, 0.2) is 11.5 Å². The number of methoxy groups -OCH3 is 2. The van der Waals surface area contributed by atoms with Gasteiger partial charge in [0, 0.05) is 24.6 Å². The first-order valence-electron chi connectivity index (χ1n) is 6.78. The highest BCUT2D eigenvalue weighted by molar-refractivity contribution is 5.45. The Balaban J connectivity index is 1.72. The molecule has 4 nitrogen and oxygen atoms in total. The van der Waals surface area contributed by atoms with Gasteiger partial charge in [0.2, 0.25) is 0 Å². The summed E-state index contributed by atoms with van der Waals surface area (Å²) in [5.74, 6) is 2.31. The predicted molar refractivity (Wildman–Crippen MR) is 72.6 cm³/mol. The topological polar surface area (TPSA) is 39.7 Å². The average Bonchev–Trinajstić information content (AvgIpc) is 2.78. The Bertz CT molecular complexity index is 437. The fraction of sp³-hybridized carbons (Fsp3) is 0.533. The Kier molecular flexibility index (Phi) is 3.51. The van der Waals surface area contributed by atoms with Crippen LogP contribution in [0.1, 0.15) is 25.7 Å². The monoisotopic (exact) mass is 262 g/mol. The fourth-order valence-corrected chi connectivity index (χ4v) is 2.94. The lowest BCUT2D eigenvalue weighted by molar-refractivity contribution is 0.150. The predicted octanol–water partition coefficient (Wildman–Crippen LogP) is 2.53. The van der Waals surface area contributed by atoms with Gasteiger partial charge in [-0.25, -0.2) is 0 Å². The molecule has 0 amide bonds. The van der Waals surface area contributed by atoms with Gasteiger partial charge in [-0.2, -0.15) is 0 Å². The smallest absolute Gasteiger partial charge is 0.164 e. The van der Waals surface area contributed by atoms with Crippen LogP contribution in [-0.4, -0.2) is 26.4 Å². The molecule has 4 heteroatoms. The summed E-state index contributed by atoms with van der Waals surface area (Å²) in [6.07, 6.45) is 4.77. The SMILES string of the molecule is COc1ccc(OC2C[C]3CCC(C2)N3)c(OC)c1. The normalized spacial score (nSPS) is 26.2. The van der Waals surface area contributed by atoms with E-state index in [4.69, 9.17) is 14.2 Å². The summed E-state index contributed by atoms with van der Waals surface area (Å²) in [5.41, 5.74) is 0. The minimum atomic E-state index is 0.256. The van der Waals surface area contributed by atoms with Gasteiger partial charge in [0.25, 0.3) is 0 Å². The van der Waals surface area contributed by atoms with Gasteiger partial charge in [0.05, 0.1) is 14.2 Å². The molecule has 1 radical (unpaired) electrons. The first-order valence-corrected chi connectivity index (χ1v) is 6.78. The van der Waals surface area contributed by atoms with Crippen LogP contribution >= 0.6 is 0 Å². The van der Waals surface area contributed by atoms with Crippen molar-refractivity contribution in [3.05, 3.63) is 24.2 Å². The highest BCUT2D eigenvalue weighted by Gasteiger charge is 2.35. The van der Waals surface area contributed by atoms with Crippen molar-refractivity contribution in [3.63, 3.8) is 0 Å². The van der Waals surface area contributed by atoms with Gasteiger partial charge in [0.1, 0.15) is 11.9 Å². The molecule has 2 fully saturated rings. The van der Waals surface area contributed by atoms with Crippen molar-refractivity contribution >= 4 is 0 Å². The van der Waals surface area contributed by atoms with Crippen molar-refractivity contribution in [1.29, 1.82) is 0 Å². The zero-order valence-corrected chi connectivity index (χ0v) is 11.4. The van der Waals surface area contributed by atoms with Crippen molar-refractivity contribution in [2.75, 3.05) is 14.2 Å². The van der Waals surface area contributed by atoms with Crippen molar-refractivity contribution in [3.8, 4) is 17.2 Å². The van der Waals surface area contributed by atoms with Crippen LogP contribution in [0.25, 0.3) is 0 Å². The summed E-state index contributed by atoms with van der Waals surface area (Å²) >= 11 is 0. The van der Waals surface area contributed by atoms with Crippen molar-refractivity contribution < 1.29 is 14.2 Å². The van der Waals surface area contributed by atoms with Crippen LogP contribution < -0.4 is 19.5 Å². The molecule has 2 aliphatic rings. The molecule has 2 saturated heterocycles. The lowest BCUT2D eigenvalue weighted by Gasteiger charge is -2.29. The van der Waals surface area contributed by atoms with E-state index in [1.165, 1.54) is 18.9 Å². The van der Waals surface area contributed by atoms with E-state index < -0.39 is 0 Å². The summed E-state index contributed by atoms with van der Waals surface area (Å²) in [4.78, 5) is 0. The van der Waals surface area contributed by atoms with Crippen molar-refractivity contribution in [1.82, 2.24) is 5.32 Å². The summed E-state index contributed by atoms with van der Waals surface area (Å²) < 4.78 is 16.7. The largest absolute Gasteiger partial charge is 0.497 e. The Morgan fingerprint density at radius 3 is 2.79 bits per heavy atom. The summed E-state index contributed by atoms with van der Waals surface area (Å²) in [5, 5.41) is 3.54. The summed E-state index contributed by atoms with van der Waals surface area (Å²) in [6, 6.07) is 7.72. The molecule has 0 aliphatic carbocycles. The summed E-state index contributed by atoms with van der Waals surface area (Å²) in [7, 11) is 3.30. The molecule has 0 aromatic heterocycles. The van der Waals surface area contributed by atoms with Gasteiger partial charge < -0.3 is 19.5 Å². The number of rotatable bonds is 4. The Hall–Kier alpha value is -1.42. The third kappa shape index (κ3) is 2.63. The van der Waals surface area contributed by atoms with Crippen LogP contribution in [0.4, 0.5) is 0 Å². The molecule has 2 atom stereocenters. The molecule has 2 bridgehead atoms. The summed E-state index contributed by atoms with van der Waals surface area (Å²) in [6.45, 7) is 0. The maximum Gasteiger partial charge on any atom is 0.164 e. The molecule has 1 aromatic rings. The second-order valence-electron chi connectivity index (χ2n) is 5.18. The van der Waals surface area contributed by atoms with E-state index in [2.05, 4.69) is 5.32 Å². The molecule has 103 valence electrons. The highest BCUT2D eigenvalue weighted by atomic mass is 16.5. The van der Waals surface area contributed by atoms with Crippen LogP contribution in [0.2, 0.25) is 0 Å². The first-order chi connectivity index (χ1) is 9.28. The zero-order chi connectivity index (χ0) is 13.2. The molecule has 0 spiro atoms. The number of piperidine rings is 1. The van der Waals surface area contributed by atoms with Crippen LogP contribution in [0.15, 0.2) is 18.2 Å². The number of ether oxygens (including phenoxy) is 3. The van der Waals surface area contributed by atoms with E-state index in [0.717, 1.165) is 30.1 Å². The number of hydrogen-bond donors (Lipinski definition) is 1. The molecule has 3 rings (SSSR count). The quantitative estimate of drug-likeness (QED) is 0.905. The lowest BCUT2D eigenvalue weighted by atomic mass is 10.0. The van der Waals surface area contributed by atoms with Gasteiger partial charge >= 0.3 is 0 Å². The van der Waals surface area contributed by atoms with Crippen LogP contribution in [0.3, 0.4) is 0 Å². The molecular weight excluding hydrogens is 242 g/mol. The van der Waals surface area contributed by atoms with Gasteiger partial charge in [-0.05, 0) is 31.4 Å². The minimum Gasteiger partial charge on any atom is -0.497 e. The van der Waals surface area contributed by atoms with Gasteiger partial charge in [-0.3, -0.25) is 0 Å². The van der Waals surface area contributed by atoms with E-state index in [0.29, 0.717) is 6.04 Å². The molecule has 2 aliphatic heterocycles.